The Balaban J connectivity index is 1.33. The minimum atomic E-state index is 0.0198. The summed E-state index contributed by atoms with van der Waals surface area (Å²) in [7, 11) is 1.67. The maximum atomic E-state index is 12.4. The Morgan fingerprint density at radius 1 is 1.15 bits per heavy atom. The quantitative estimate of drug-likeness (QED) is 0.743. The van der Waals surface area contributed by atoms with Gasteiger partial charge in [0.2, 0.25) is 11.8 Å². The van der Waals surface area contributed by atoms with Crippen LogP contribution in [0.15, 0.2) is 24.3 Å². The van der Waals surface area contributed by atoms with E-state index in [4.69, 9.17) is 4.74 Å². The summed E-state index contributed by atoms with van der Waals surface area (Å²) in [4.78, 5) is 31.0. The molecule has 2 saturated heterocycles. The maximum Gasteiger partial charge on any atom is 0.233 e. The first-order valence-corrected chi connectivity index (χ1v) is 10.8. The minimum Gasteiger partial charge on any atom is -0.496 e. The lowest BCUT2D eigenvalue weighted by molar-refractivity contribution is -0.134. The van der Waals surface area contributed by atoms with Gasteiger partial charge in [0.05, 0.1) is 12.9 Å². The third-order valence-electron chi connectivity index (χ3n) is 5.64. The lowest BCUT2D eigenvalue weighted by Crippen LogP contribution is -2.50. The van der Waals surface area contributed by atoms with Crippen LogP contribution in [-0.4, -0.2) is 78.6 Å². The lowest BCUT2D eigenvalue weighted by Gasteiger charge is -2.36. The molecule has 2 amide bonds. The van der Waals surface area contributed by atoms with Crippen molar-refractivity contribution in [1.29, 1.82) is 0 Å². The Morgan fingerprint density at radius 2 is 1.89 bits per heavy atom. The summed E-state index contributed by atoms with van der Waals surface area (Å²) in [5.74, 6) is 2.20. The van der Waals surface area contributed by atoms with Gasteiger partial charge >= 0.3 is 0 Å². The molecule has 1 atom stereocenters. The molecule has 4 rings (SSSR count). The van der Waals surface area contributed by atoms with Gasteiger partial charge in [-0.25, -0.2) is 0 Å². The second-order valence-electron chi connectivity index (χ2n) is 7.43. The van der Waals surface area contributed by atoms with Crippen molar-refractivity contribution in [3.8, 4) is 5.75 Å². The first kappa shape index (κ1) is 18.6. The number of carbonyl (C=O) groups excluding carboxylic acids is 2. The van der Waals surface area contributed by atoms with Crippen molar-refractivity contribution >= 4 is 23.6 Å². The van der Waals surface area contributed by atoms with Crippen molar-refractivity contribution in [2.75, 3.05) is 52.1 Å². The number of rotatable bonds is 6. The standard InChI is InChI=1S/C20H27N3O3S/c1-26-17-5-3-2-4-16(17)20-23(18(24)14-27-20)13-10-21-8-11-22(12-9-21)19(25)15-6-7-15/h2-5,15,20H,6-14H2,1H3/t20-/m1/s1. The number of methoxy groups -OCH3 is 1. The molecule has 6 nitrogen and oxygen atoms in total. The van der Waals surface area contributed by atoms with Crippen LogP contribution >= 0.6 is 11.8 Å². The normalized spacial score (nSPS) is 23.7. The van der Waals surface area contributed by atoms with Crippen LogP contribution in [0.3, 0.4) is 0 Å². The summed E-state index contributed by atoms with van der Waals surface area (Å²) < 4.78 is 5.50. The fraction of sp³-hybridized carbons (Fsp3) is 0.600. The fourth-order valence-electron chi connectivity index (χ4n) is 3.85. The number of ether oxygens (including phenoxy) is 1. The molecule has 1 aliphatic carbocycles. The van der Waals surface area contributed by atoms with Crippen LogP contribution < -0.4 is 4.74 Å². The summed E-state index contributed by atoms with van der Waals surface area (Å²) in [5, 5.41) is 0.0198. The highest BCUT2D eigenvalue weighted by Crippen LogP contribution is 2.42. The van der Waals surface area contributed by atoms with Gasteiger partial charge in [-0.2, -0.15) is 0 Å². The topological polar surface area (TPSA) is 53.1 Å². The molecule has 1 aromatic carbocycles. The largest absolute Gasteiger partial charge is 0.496 e. The molecule has 2 aliphatic heterocycles. The van der Waals surface area contributed by atoms with Gasteiger partial charge in [-0.1, -0.05) is 18.2 Å². The van der Waals surface area contributed by atoms with E-state index in [1.807, 2.05) is 34.1 Å². The Labute approximate surface area is 164 Å². The van der Waals surface area contributed by atoms with E-state index in [0.717, 1.165) is 56.9 Å². The second-order valence-corrected chi connectivity index (χ2v) is 8.50. The Hall–Kier alpha value is -1.73. The number of piperazine rings is 1. The summed E-state index contributed by atoms with van der Waals surface area (Å²) in [6.45, 7) is 4.98. The fourth-order valence-corrected chi connectivity index (χ4v) is 5.10. The molecule has 0 spiro atoms. The number of para-hydroxylation sites is 1. The van der Waals surface area contributed by atoms with Crippen LogP contribution in [0, 0.1) is 5.92 Å². The first-order chi connectivity index (χ1) is 13.2. The predicted molar refractivity (Wildman–Crippen MR) is 106 cm³/mol. The Kier molecular flexibility index (Phi) is 5.59. The molecule has 3 fully saturated rings. The van der Waals surface area contributed by atoms with Gasteiger partial charge in [-0.3, -0.25) is 14.5 Å². The summed E-state index contributed by atoms with van der Waals surface area (Å²) >= 11 is 1.67. The zero-order valence-corrected chi connectivity index (χ0v) is 16.6. The number of hydrogen-bond acceptors (Lipinski definition) is 5. The molecule has 0 bridgehead atoms. The zero-order valence-electron chi connectivity index (χ0n) is 15.8. The molecular formula is C20H27N3O3S. The second kappa shape index (κ2) is 8.10. The lowest BCUT2D eigenvalue weighted by atomic mass is 10.2. The summed E-state index contributed by atoms with van der Waals surface area (Å²) in [6, 6.07) is 7.95. The molecule has 7 heteroatoms. The monoisotopic (exact) mass is 389 g/mol. The van der Waals surface area contributed by atoms with Crippen molar-refractivity contribution in [2.45, 2.75) is 18.2 Å². The average Bonchev–Trinajstić information content (AvgIpc) is 3.49. The molecule has 1 saturated carbocycles. The van der Waals surface area contributed by atoms with Gasteiger partial charge < -0.3 is 14.5 Å². The van der Waals surface area contributed by atoms with Gasteiger partial charge in [-0.05, 0) is 18.9 Å². The Morgan fingerprint density at radius 3 is 2.59 bits per heavy atom. The molecule has 0 unspecified atom stereocenters. The first-order valence-electron chi connectivity index (χ1n) is 9.72. The molecule has 27 heavy (non-hydrogen) atoms. The number of nitrogens with zero attached hydrogens (tertiary/aromatic N) is 3. The molecule has 146 valence electrons. The van der Waals surface area contributed by atoms with E-state index in [9.17, 15) is 9.59 Å². The van der Waals surface area contributed by atoms with E-state index in [1.165, 1.54) is 0 Å². The number of carbonyl (C=O) groups is 2. The molecule has 2 heterocycles. The van der Waals surface area contributed by atoms with Crippen LogP contribution in [0.5, 0.6) is 5.75 Å². The SMILES string of the molecule is COc1ccccc1[C@H]1SCC(=O)N1CCN1CCN(C(=O)C2CC2)CC1. The minimum absolute atomic E-state index is 0.0198. The van der Waals surface area contributed by atoms with E-state index in [-0.39, 0.29) is 11.3 Å². The molecule has 3 aliphatic rings. The van der Waals surface area contributed by atoms with E-state index in [1.54, 1.807) is 18.9 Å². The number of thioether (sulfide) groups is 1. The highest BCUT2D eigenvalue weighted by atomic mass is 32.2. The molecule has 0 N–H and O–H groups in total. The van der Waals surface area contributed by atoms with Gasteiger partial charge in [0.15, 0.2) is 0 Å². The van der Waals surface area contributed by atoms with Crippen molar-refractivity contribution in [2.24, 2.45) is 5.92 Å². The highest BCUT2D eigenvalue weighted by molar-refractivity contribution is 8.00. The van der Waals surface area contributed by atoms with Gasteiger partial charge in [-0.15, -0.1) is 11.8 Å². The van der Waals surface area contributed by atoms with Crippen molar-refractivity contribution < 1.29 is 14.3 Å². The number of amides is 2. The van der Waals surface area contributed by atoms with Crippen LogP contribution in [0.4, 0.5) is 0 Å². The van der Waals surface area contributed by atoms with Gasteiger partial charge in [0.1, 0.15) is 11.1 Å². The smallest absolute Gasteiger partial charge is 0.233 e. The van der Waals surface area contributed by atoms with Gasteiger partial charge in [0.25, 0.3) is 0 Å². The maximum absolute atomic E-state index is 12.4. The number of hydrogen-bond donors (Lipinski definition) is 0. The van der Waals surface area contributed by atoms with Crippen molar-refractivity contribution in [1.82, 2.24) is 14.7 Å². The van der Waals surface area contributed by atoms with Crippen molar-refractivity contribution in [3.63, 3.8) is 0 Å². The molecular weight excluding hydrogens is 362 g/mol. The average molecular weight is 390 g/mol. The molecule has 0 radical (unpaired) electrons. The molecule has 1 aromatic rings. The van der Waals surface area contributed by atoms with Crippen LogP contribution in [0.1, 0.15) is 23.8 Å². The third-order valence-corrected chi connectivity index (χ3v) is 6.88. The van der Waals surface area contributed by atoms with Crippen LogP contribution in [0.2, 0.25) is 0 Å². The predicted octanol–water partition coefficient (Wildman–Crippen LogP) is 1.82. The Bertz CT molecular complexity index is 701. The van der Waals surface area contributed by atoms with E-state index < -0.39 is 0 Å². The highest BCUT2D eigenvalue weighted by Gasteiger charge is 2.36. The third kappa shape index (κ3) is 4.09. The van der Waals surface area contributed by atoms with Gasteiger partial charge in [0, 0.05) is 50.7 Å². The van der Waals surface area contributed by atoms with E-state index in [0.29, 0.717) is 24.1 Å². The van der Waals surface area contributed by atoms with E-state index in [2.05, 4.69) is 4.90 Å². The number of benzene rings is 1. The molecule has 0 aromatic heterocycles. The zero-order chi connectivity index (χ0) is 18.8. The van der Waals surface area contributed by atoms with Crippen LogP contribution in [0.25, 0.3) is 0 Å². The van der Waals surface area contributed by atoms with Crippen molar-refractivity contribution in [3.05, 3.63) is 29.8 Å². The van der Waals surface area contributed by atoms with Crippen LogP contribution in [-0.2, 0) is 9.59 Å². The van der Waals surface area contributed by atoms with E-state index >= 15 is 0 Å². The summed E-state index contributed by atoms with van der Waals surface area (Å²) in [5.41, 5.74) is 1.07. The summed E-state index contributed by atoms with van der Waals surface area (Å²) in [6.07, 6.45) is 2.14.